The number of oxime groups is 1. The summed E-state index contributed by atoms with van der Waals surface area (Å²) >= 11 is 6.00. The van der Waals surface area contributed by atoms with E-state index in [1.54, 1.807) is 6.07 Å². The molecule has 17 heavy (non-hydrogen) atoms. The summed E-state index contributed by atoms with van der Waals surface area (Å²) in [4.78, 5) is 0. The number of nitrogens with zero attached hydrogens (tertiary/aromatic N) is 1. The first-order chi connectivity index (χ1) is 8.08. The van der Waals surface area contributed by atoms with Crippen molar-refractivity contribution in [3.05, 3.63) is 28.8 Å². The Kier molecular flexibility index (Phi) is 5.10. The summed E-state index contributed by atoms with van der Waals surface area (Å²) in [6.07, 6.45) is 0.853. The molecule has 1 atom stereocenters. The molecule has 3 N–H and O–H groups in total. The Morgan fingerprint density at radius 2 is 2.29 bits per heavy atom. The summed E-state index contributed by atoms with van der Waals surface area (Å²) in [5.74, 6) is 0.763. The summed E-state index contributed by atoms with van der Waals surface area (Å²) in [6.45, 7) is 4.22. The number of nitrogens with two attached hydrogens (primary N) is 1. The standard InChI is InChI=1S/C12H17ClN2O2/c1-3-9-6-10(4-5-11(9)13)17-7-8(2)12(14)15-16/h4-6,8,16H,3,7H2,1-2H3,(H2,14,15). The molecule has 0 heterocycles. The third-order valence-corrected chi connectivity index (χ3v) is 2.89. The van der Waals surface area contributed by atoms with Gasteiger partial charge < -0.3 is 15.7 Å². The first-order valence-electron chi connectivity index (χ1n) is 5.47. The Balaban J connectivity index is 2.64. The molecule has 1 aromatic rings. The first-order valence-corrected chi connectivity index (χ1v) is 5.84. The lowest BCUT2D eigenvalue weighted by atomic mass is 10.1. The minimum atomic E-state index is -0.138. The third-order valence-electron chi connectivity index (χ3n) is 2.52. The lowest BCUT2D eigenvalue weighted by Gasteiger charge is -2.12. The maximum absolute atomic E-state index is 8.51. The van der Waals surface area contributed by atoms with Crippen LogP contribution < -0.4 is 10.5 Å². The number of hydrogen-bond donors (Lipinski definition) is 2. The number of benzene rings is 1. The van der Waals surface area contributed by atoms with Crippen LogP contribution >= 0.6 is 11.6 Å². The molecule has 94 valence electrons. The van der Waals surface area contributed by atoms with Gasteiger partial charge in [0.25, 0.3) is 0 Å². The third kappa shape index (κ3) is 3.82. The molecule has 0 aromatic heterocycles. The minimum Gasteiger partial charge on any atom is -0.493 e. The van der Waals surface area contributed by atoms with Gasteiger partial charge in [-0.05, 0) is 30.2 Å². The zero-order valence-electron chi connectivity index (χ0n) is 9.98. The van der Waals surface area contributed by atoms with Gasteiger partial charge in [-0.25, -0.2) is 0 Å². The lowest BCUT2D eigenvalue weighted by Crippen LogP contribution is -2.26. The highest BCUT2D eigenvalue weighted by molar-refractivity contribution is 6.31. The minimum absolute atomic E-state index is 0.138. The number of halogens is 1. The van der Waals surface area contributed by atoms with Gasteiger partial charge in [-0.1, -0.05) is 30.6 Å². The van der Waals surface area contributed by atoms with Crippen LogP contribution in [0.15, 0.2) is 23.4 Å². The fourth-order valence-corrected chi connectivity index (χ4v) is 1.57. The van der Waals surface area contributed by atoms with Crippen LogP contribution in [-0.4, -0.2) is 17.6 Å². The fourth-order valence-electron chi connectivity index (χ4n) is 1.32. The zero-order valence-corrected chi connectivity index (χ0v) is 10.7. The monoisotopic (exact) mass is 256 g/mol. The van der Waals surface area contributed by atoms with Crippen molar-refractivity contribution >= 4 is 17.4 Å². The fraction of sp³-hybridized carbons (Fsp3) is 0.417. The van der Waals surface area contributed by atoms with Crippen LogP contribution in [-0.2, 0) is 6.42 Å². The van der Waals surface area contributed by atoms with Gasteiger partial charge in [0.1, 0.15) is 11.6 Å². The first kappa shape index (κ1) is 13.6. The van der Waals surface area contributed by atoms with Crippen LogP contribution in [0.2, 0.25) is 5.02 Å². The molecular formula is C12H17ClN2O2. The van der Waals surface area contributed by atoms with E-state index in [0.717, 1.165) is 22.8 Å². The Morgan fingerprint density at radius 3 is 2.88 bits per heavy atom. The molecule has 1 rings (SSSR count). The van der Waals surface area contributed by atoms with Crippen LogP contribution in [0, 0.1) is 5.92 Å². The van der Waals surface area contributed by atoms with Crippen LogP contribution in [0.5, 0.6) is 5.75 Å². The molecule has 0 saturated heterocycles. The molecule has 0 spiro atoms. The molecule has 0 aliphatic carbocycles. The average Bonchev–Trinajstić information content (AvgIpc) is 2.36. The van der Waals surface area contributed by atoms with Crippen molar-refractivity contribution < 1.29 is 9.94 Å². The van der Waals surface area contributed by atoms with Crippen molar-refractivity contribution in [3.8, 4) is 5.75 Å². The Bertz CT molecular complexity index is 407. The predicted molar refractivity (Wildman–Crippen MR) is 68.9 cm³/mol. The summed E-state index contributed by atoms with van der Waals surface area (Å²) in [7, 11) is 0. The van der Waals surface area contributed by atoms with Gasteiger partial charge >= 0.3 is 0 Å². The highest BCUT2D eigenvalue weighted by atomic mass is 35.5. The molecule has 4 nitrogen and oxygen atoms in total. The van der Waals surface area contributed by atoms with E-state index in [2.05, 4.69) is 5.16 Å². The molecule has 0 saturated carbocycles. The van der Waals surface area contributed by atoms with Crippen LogP contribution in [0.25, 0.3) is 0 Å². The molecule has 0 radical (unpaired) electrons. The molecule has 1 unspecified atom stereocenters. The molecule has 0 aliphatic heterocycles. The van der Waals surface area contributed by atoms with E-state index < -0.39 is 0 Å². The van der Waals surface area contributed by atoms with Crippen molar-refractivity contribution in [3.63, 3.8) is 0 Å². The topological polar surface area (TPSA) is 67.8 Å². The molecule has 5 heteroatoms. The Morgan fingerprint density at radius 1 is 1.59 bits per heavy atom. The average molecular weight is 257 g/mol. The smallest absolute Gasteiger partial charge is 0.145 e. The van der Waals surface area contributed by atoms with Crippen molar-refractivity contribution in [2.24, 2.45) is 16.8 Å². The molecule has 0 aliphatic rings. The van der Waals surface area contributed by atoms with Crippen molar-refractivity contribution in [2.75, 3.05) is 6.61 Å². The highest BCUT2D eigenvalue weighted by Gasteiger charge is 2.09. The second-order valence-electron chi connectivity index (χ2n) is 3.84. The molecular weight excluding hydrogens is 240 g/mol. The van der Waals surface area contributed by atoms with Crippen molar-refractivity contribution in [1.29, 1.82) is 0 Å². The Hall–Kier alpha value is -1.42. The van der Waals surface area contributed by atoms with E-state index in [4.69, 9.17) is 27.3 Å². The van der Waals surface area contributed by atoms with Gasteiger partial charge in [0.2, 0.25) is 0 Å². The van der Waals surface area contributed by atoms with Gasteiger partial charge in [-0.15, -0.1) is 0 Å². The normalized spacial score (nSPS) is 13.5. The molecule has 1 aromatic carbocycles. The second kappa shape index (κ2) is 6.35. The van der Waals surface area contributed by atoms with Crippen LogP contribution in [0.3, 0.4) is 0 Å². The van der Waals surface area contributed by atoms with Gasteiger partial charge in [0.15, 0.2) is 0 Å². The van der Waals surface area contributed by atoms with E-state index in [1.165, 1.54) is 0 Å². The van der Waals surface area contributed by atoms with Gasteiger partial charge in [-0.3, -0.25) is 0 Å². The number of aryl methyl sites for hydroxylation is 1. The maximum atomic E-state index is 8.51. The highest BCUT2D eigenvalue weighted by Crippen LogP contribution is 2.22. The number of amidine groups is 1. The quantitative estimate of drug-likeness (QED) is 0.368. The van der Waals surface area contributed by atoms with Crippen molar-refractivity contribution in [1.82, 2.24) is 0 Å². The van der Waals surface area contributed by atoms with Crippen LogP contribution in [0.4, 0.5) is 0 Å². The zero-order chi connectivity index (χ0) is 12.8. The number of ether oxygens (including phenoxy) is 1. The van der Waals surface area contributed by atoms with Gasteiger partial charge in [0, 0.05) is 5.02 Å². The second-order valence-corrected chi connectivity index (χ2v) is 4.25. The van der Waals surface area contributed by atoms with E-state index >= 15 is 0 Å². The maximum Gasteiger partial charge on any atom is 0.145 e. The summed E-state index contributed by atoms with van der Waals surface area (Å²) < 4.78 is 5.56. The SMILES string of the molecule is CCc1cc(OCC(C)/C(N)=N/O)ccc1Cl. The Labute approximate surface area is 106 Å². The predicted octanol–water partition coefficient (Wildman–Crippen LogP) is 2.66. The van der Waals surface area contributed by atoms with Gasteiger partial charge in [0.05, 0.1) is 12.5 Å². The van der Waals surface area contributed by atoms with E-state index in [-0.39, 0.29) is 11.8 Å². The largest absolute Gasteiger partial charge is 0.493 e. The lowest BCUT2D eigenvalue weighted by molar-refractivity contribution is 0.279. The summed E-state index contributed by atoms with van der Waals surface area (Å²) in [6, 6.07) is 5.52. The summed E-state index contributed by atoms with van der Waals surface area (Å²) in [5.41, 5.74) is 6.50. The molecule has 0 fully saturated rings. The van der Waals surface area contributed by atoms with E-state index in [0.29, 0.717) is 6.61 Å². The molecule has 0 bridgehead atoms. The number of rotatable bonds is 5. The molecule has 0 amide bonds. The van der Waals surface area contributed by atoms with E-state index in [9.17, 15) is 0 Å². The number of hydrogen-bond acceptors (Lipinski definition) is 3. The van der Waals surface area contributed by atoms with E-state index in [1.807, 2.05) is 26.0 Å². The van der Waals surface area contributed by atoms with Crippen molar-refractivity contribution in [2.45, 2.75) is 20.3 Å². The summed E-state index contributed by atoms with van der Waals surface area (Å²) in [5, 5.41) is 12.2. The van der Waals surface area contributed by atoms with Crippen LogP contribution in [0.1, 0.15) is 19.4 Å². The van der Waals surface area contributed by atoms with Gasteiger partial charge in [-0.2, -0.15) is 0 Å².